The van der Waals surface area contributed by atoms with E-state index < -0.39 is 0 Å². The second-order valence-electron chi connectivity index (χ2n) is 6.35. The van der Waals surface area contributed by atoms with Crippen LogP contribution in [0.1, 0.15) is 16.1 Å². The topological polar surface area (TPSA) is 59.8 Å². The third-order valence-corrected chi connectivity index (χ3v) is 4.36. The maximum atomic E-state index is 13.3. The van der Waals surface area contributed by atoms with Gasteiger partial charge in [-0.25, -0.2) is 13.5 Å². The van der Waals surface area contributed by atoms with E-state index in [1.807, 2.05) is 12.1 Å². The van der Waals surface area contributed by atoms with Gasteiger partial charge in [-0.3, -0.25) is 9.78 Å². The van der Waals surface area contributed by atoms with Crippen LogP contribution in [0.4, 0.5) is 8.78 Å². The van der Waals surface area contributed by atoms with Gasteiger partial charge in [-0.05, 0) is 72.3 Å². The SMILES string of the molecule is O=C(NCc1ccncc1)c1cc(-c2ccc(F)cc2)nn1-c1ccc(F)cc1. The molecule has 5 nitrogen and oxygen atoms in total. The Morgan fingerprint density at radius 2 is 1.52 bits per heavy atom. The van der Waals surface area contributed by atoms with Crippen LogP contribution in [-0.2, 0) is 6.54 Å². The van der Waals surface area contributed by atoms with Crippen LogP contribution >= 0.6 is 0 Å². The summed E-state index contributed by atoms with van der Waals surface area (Å²) in [4.78, 5) is 16.8. The van der Waals surface area contributed by atoms with E-state index in [2.05, 4.69) is 15.4 Å². The number of pyridine rings is 1. The summed E-state index contributed by atoms with van der Waals surface area (Å²) in [6, 6.07) is 16.7. The van der Waals surface area contributed by atoms with Gasteiger partial charge in [0.25, 0.3) is 5.91 Å². The van der Waals surface area contributed by atoms with Gasteiger partial charge in [-0.2, -0.15) is 5.10 Å². The molecule has 0 aliphatic heterocycles. The lowest BCUT2D eigenvalue weighted by Gasteiger charge is -2.08. The largest absolute Gasteiger partial charge is 0.347 e. The number of halogens is 2. The molecule has 2 heterocycles. The van der Waals surface area contributed by atoms with E-state index >= 15 is 0 Å². The van der Waals surface area contributed by atoms with Crippen molar-refractivity contribution in [2.24, 2.45) is 0 Å². The molecule has 1 N–H and O–H groups in total. The van der Waals surface area contributed by atoms with Crippen molar-refractivity contribution in [1.82, 2.24) is 20.1 Å². The lowest BCUT2D eigenvalue weighted by atomic mass is 10.1. The number of hydrogen-bond donors (Lipinski definition) is 1. The Balaban J connectivity index is 1.69. The molecule has 0 aliphatic carbocycles. The Kier molecular flexibility index (Phi) is 5.11. The smallest absolute Gasteiger partial charge is 0.270 e. The van der Waals surface area contributed by atoms with Crippen molar-refractivity contribution in [2.45, 2.75) is 6.54 Å². The number of aromatic nitrogens is 3. The zero-order valence-electron chi connectivity index (χ0n) is 15.2. The van der Waals surface area contributed by atoms with Crippen molar-refractivity contribution in [3.63, 3.8) is 0 Å². The number of carbonyl (C=O) groups excluding carboxylic acids is 1. The van der Waals surface area contributed by atoms with Crippen LogP contribution in [0.3, 0.4) is 0 Å². The summed E-state index contributed by atoms with van der Waals surface area (Å²) in [6.07, 6.45) is 3.30. The molecule has 0 saturated carbocycles. The number of carbonyl (C=O) groups is 1. The summed E-state index contributed by atoms with van der Waals surface area (Å²) in [6.45, 7) is 0.321. The van der Waals surface area contributed by atoms with Crippen molar-refractivity contribution < 1.29 is 13.6 Å². The summed E-state index contributed by atoms with van der Waals surface area (Å²) in [7, 11) is 0. The lowest BCUT2D eigenvalue weighted by Crippen LogP contribution is -2.25. The minimum Gasteiger partial charge on any atom is -0.347 e. The van der Waals surface area contributed by atoms with E-state index in [0.717, 1.165) is 5.56 Å². The van der Waals surface area contributed by atoms with E-state index in [-0.39, 0.29) is 23.2 Å². The van der Waals surface area contributed by atoms with Crippen LogP contribution in [0, 0.1) is 11.6 Å². The van der Waals surface area contributed by atoms with E-state index in [1.165, 1.54) is 41.1 Å². The van der Waals surface area contributed by atoms with Crippen LogP contribution in [0.2, 0.25) is 0 Å². The van der Waals surface area contributed by atoms with Crippen molar-refractivity contribution in [3.8, 4) is 16.9 Å². The Hall–Kier alpha value is -3.87. The van der Waals surface area contributed by atoms with Crippen molar-refractivity contribution in [3.05, 3.63) is 102 Å². The van der Waals surface area contributed by atoms with Gasteiger partial charge in [0.15, 0.2) is 0 Å². The first-order valence-corrected chi connectivity index (χ1v) is 8.89. The molecule has 144 valence electrons. The predicted molar refractivity (Wildman–Crippen MR) is 104 cm³/mol. The zero-order valence-corrected chi connectivity index (χ0v) is 15.2. The highest BCUT2D eigenvalue weighted by Gasteiger charge is 2.18. The van der Waals surface area contributed by atoms with E-state index in [1.54, 1.807) is 30.6 Å². The van der Waals surface area contributed by atoms with Gasteiger partial charge in [0.1, 0.15) is 17.3 Å². The standard InChI is InChI=1S/C22H16F2N4O/c23-17-3-1-16(2-4-17)20-13-21(22(29)26-14-15-9-11-25-12-10-15)28(27-20)19-7-5-18(24)6-8-19/h1-13H,14H2,(H,26,29). The minimum absolute atomic E-state index is 0.282. The number of nitrogens with zero attached hydrogens (tertiary/aromatic N) is 3. The predicted octanol–water partition coefficient (Wildman–Crippen LogP) is 4.14. The van der Waals surface area contributed by atoms with Crippen LogP contribution < -0.4 is 5.32 Å². The molecule has 29 heavy (non-hydrogen) atoms. The van der Waals surface area contributed by atoms with E-state index in [0.29, 0.717) is 23.5 Å². The molecule has 1 amide bonds. The first-order chi connectivity index (χ1) is 14.1. The molecule has 2 aromatic heterocycles. The van der Waals surface area contributed by atoms with Crippen molar-refractivity contribution >= 4 is 5.91 Å². The maximum Gasteiger partial charge on any atom is 0.270 e. The fraction of sp³-hybridized carbons (Fsp3) is 0.0455. The third kappa shape index (κ3) is 4.19. The molecule has 0 spiro atoms. The zero-order chi connectivity index (χ0) is 20.2. The highest BCUT2D eigenvalue weighted by molar-refractivity contribution is 5.94. The number of hydrogen-bond acceptors (Lipinski definition) is 3. The summed E-state index contributed by atoms with van der Waals surface area (Å²) in [5.41, 5.74) is 2.89. The van der Waals surface area contributed by atoms with Gasteiger partial charge in [-0.1, -0.05) is 0 Å². The highest BCUT2D eigenvalue weighted by atomic mass is 19.1. The van der Waals surface area contributed by atoms with Crippen molar-refractivity contribution in [2.75, 3.05) is 0 Å². The monoisotopic (exact) mass is 390 g/mol. The fourth-order valence-corrected chi connectivity index (χ4v) is 2.86. The fourth-order valence-electron chi connectivity index (χ4n) is 2.86. The average molecular weight is 390 g/mol. The second-order valence-corrected chi connectivity index (χ2v) is 6.35. The van der Waals surface area contributed by atoms with E-state index in [4.69, 9.17) is 0 Å². The third-order valence-electron chi connectivity index (χ3n) is 4.36. The summed E-state index contributed by atoms with van der Waals surface area (Å²) >= 11 is 0. The van der Waals surface area contributed by atoms with E-state index in [9.17, 15) is 13.6 Å². The number of amides is 1. The van der Waals surface area contributed by atoms with Gasteiger partial charge in [-0.15, -0.1) is 0 Å². The van der Waals surface area contributed by atoms with Crippen LogP contribution in [0.15, 0.2) is 79.1 Å². The summed E-state index contributed by atoms with van der Waals surface area (Å²) < 4.78 is 28.0. The van der Waals surface area contributed by atoms with Gasteiger partial charge in [0.2, 0.25) is 0 Å². The molecule has 0 radical (unpaired) electrons. The van der Waals surface area contributed by atoms with Gasteiger partial charge in [0.05, 0.1) is 11.4 Å². The highest BCUT2D eigenvalue weighted by Crippen LogP contribution is 2.22. The lowest BCUT2D eigenvalue weighted by molar-refractivity contribution is 0.0943. The van der Waals surface area contributed by atoms with Crippen LogP contribution in [0.5, 0.6) is 0 Å². The Morgan fingerprint density at radius 3 is 2.17 bits per heavy atom. The molecular formula is C22H16F2N4O. The second kappa shape index (κ2) is 8.02. The van der Waals surface area contributed by atoms with Crippen LogP contribution in [0.25, 0.3) is 16.9 Å². The molecule has 0 unspecified atom stereocenters. The molecule has 0 aliphatic rings. The quantitative estimate of drug-likeness (QED) is 0.557. The van der Waals surface area contributed by atoms with Gasteiger partial charge in [0, 0.05) is 24.5 Å². The normalized spacial score (nSPS) is 10.7. The molecule has 0 bridgehead atoms. The maximum absolute atomic E-state index is 13.3. The molecule has 0 saturated heterocycles. The molecular weight excluding hydrogens is 374 g/mol. The minimum atomic E-state index is -0.386. The first kappa shape index (κ1) is 18.5. The van der Waals surface area contributed by atoms with Gasteiger partial charge < -0.3 is 5.32 Å². The molecule has 4 rings (SSSR count). The molecule has 0 fully saturated rings. The summed E-state index contributed by atoms with van der Waals surface area (Å²) in [5.74, 6) is -1.09. The summed E-state index contributed by atoms with van der Waals surface area (Å²) in [5, 5.41) is 7.34. The molecule has 2 aromatic carbocycles. The number of benzene rings is 2. The first-order valence-electron chi connectivity index (χ1n) is 8.89. The van der Waals surface area contributed by atoms with Gasteiger partial charge >= 0.3 is 0 Å². The Labute approximate surface area is 165 Å². The number of nitrogens with one attached hydrogen (secondary N) is 1. The van der Waals surface area contributed by atoms with Crippen LogP contribution in [-0.4, -0.2) is 20.7 Å². The average Bonchev–Trinajstić information content (AvgIpc) is 3.19. The number of rotatable bonds is 5. The Bertz CT molecular complexity index is 1120. The molecule has 4 aromatic rings. The molecule has 0 atom stereocenters. The molecule has 7 heteroatoms. The van der Waals surface area contributed by atoms with Crippen molar-refractivity contribution in [1.29, 1.82) is 0 Å². The Morgan fingerprint density at radius 1 is 0.897 bits per heavy atom.